The number of carbonyl (C=O) groups is 1. The summed E-state index contributed by atoms with van der Waals surface area (Å²) in [5.41, 5.74) is 1.30. The van der Waals surface area contributed by atoms with Crippen LogP contribution in [0.3, 0.4) is 0 Å². The van der Waals surface area contributed by atoms with Gasteiger partial charge in [0.25, 0.3) is 5.91 Å². The van der Waals surface area contributed by atoms with Crippen LogP contribution < -0.4 is 15.5 Å². The van der Waals surface area contributed by atoms with Crippen molar-refractivity contribution in [3.05, 3.63) is 66.0 Å². The van der Waals surface area contributed by atoms with E-state index in [-0.39, 0.29) is 35.7 Å². The van der Waals surface area contributed by atoms with Crippen LogP contribution in [0.4, 0.5) is 10.1 Å². The zero-order valence-corrected chi connectivity index (χ0v) is 19.5. The first-order valence-electron chi connectivity index (χ1n) is 10.0. The number of para-hydroxylation sites is 1. The number of benzene rings is 2. The minimum atomic E-state index is -0.185. The first-order valence-corrected chi connectivity index (χ1v) is 10.0. The van der Waals surface area contributed by atoms with Crippen molar-refractivity contribution in [1.82, 2.24) is 15.5 Å². The largest absolute Gasteiger partial charge is 0.366 e. The number of nitrogens with zero attached hydrogens (tertiary/aromatic N) is 3. The summed E-state index contributed by atoms with van der Waals surface area (Å²) < 4.78 is 14.0. The zero-order chi connectivity index (χ0) is 20.5. The number of piperazine rings is 1. The van der Waals surface area contributed by atoms with Gasteiger partial charge in [0.15, 0.2) is 5.96 Å². The quantitative estimate of drug-likeness (QED) is 0.264. The lowest BCUT2D eigenvalue weighted by Crippen LogP contribution is -2.52. The summed E-state index contributed by atoms with van der Waals surface area (Å²) in [7, 11) is 0. The summed E-state index contributed by atoms with van der Waals surface area (Å²) in [4.78, 5) is 21.0. The van der Waals surface area contributed by atoms with Gasteiger partial charge in [-0.15, -0.1) is 24.0 Å². The average molecular weight is 525 g/mol. The lowest BCUT2D eigenvalue weighted by molar-refractivity contribution is 0.0954. The Balaban J connectivity index is 0.00000320. The topological polar surface area (TPSA) is 60.0 Å². The fraction of sp³-hybridized carbons (Fsp3) is 0.364. The van der Waals surface area contributed by atoms with Gasteiger partial charge < -0.3 is 20.4 Å². The van der Waals surface area contributed by atoms with E-state index in [0.717, 1.165) is 38.7 Å². The molecular formula is C22H29FIN5O. The summed E-state index contributed by atoms with van der Waals surface area (Å²) in [5.74, 6) is 0.551. The van der Waals surface area contributed by atoms with Crippen LogP contribution in [0.15, 0.2) is 59.6 Å². The Morgan fingerprint density at radius 3 is 2.33 bits per heavy atom. The molecule has 0 aromatic heterocycles. The number of hydrogen-bond acceptors (Lipinski definition) is 3. The normalized spacial score (nSPS) is 14.1. The predicted molar refractivity (Wildman–Crippen MR) is 130 cm³/mol. The van der Waals surface area contributed by atoms with Crippen LogP contribution in [0.2, 0.25) is 0 Å². The first-order chi connectivity index (χ1) is 14.2. The standard InChI is InChI=1S/C22H28FN5O.HI/c1-2-24-22(26-13-12-25-21(29)18-8-4-3-5-9-18)28-16-14-27(15-17-28)20-11-7-6-10-19(20)23;/h3-11H,2,12-17H2,1H3,(H,24,26)(H,25,29);1H. The van der Waals surface area contributed by atoms with Crippen molar-refractivity contribution in [2.75, 3.05) is 50.7 Å². The van der Waals surface area contributed by atoms with E-state index in [4.69, 9.17) is 0 Å². The molecule has 1 amide bonds. The SMILES string of the molecule is CCNC(=NCCNC(=O)c1ccccc1)N1CCN(c2ccccc2F)CC1.I. The minimum absolute atomic E-state index is 0. The molecule has 3 rings (SSSR count). The number of anilines is 1. The number of halogens is 2. The Bertz CT molecular complexity index is 825. The number of carbonyl (C=O) groups excluding carboxylic acids is 1. The lowest BCUT2D eigenvalue weighted by atomic mass is 10.2. The molecule has 2 aromatic carbocycles. The Morgan fingerprint density at radius 2 is 1.67 bits per heavy atom. The molecular weight excluding hydrogens is 496 g/mol. The van der Waals surface area contributed by atoms with Gasteiger partial charge in [-0.3, -0.25) is 9.79 Å². The molecule has 30 heavy (non-hydrogen) atoms. The van der Waals surface area contributed by atoms with Crippen LogP contribution >= 0.6 is 24.0 Å². The van der Waals surface area contributed by atoms with Crippen LogP contribution in [0, 0.1) is 5.82 Å². The van der Waals surface area contributed by atoms with E-state index in [1.807, 2.05) is 37.3 Å². The highest BCUT2D eigenvalue weighted by molar-refractivity contribution is 14.0. The summed E-state index contributed by atoms with van der Waals surface area (Å²) in [6.45, 7) is 6.75. The summed E-state index contributed by atoms with van der Waals surface area (Å²) in [6, 6.07) is 16.0. The number of nitrogens with one attached hydrogen (secondary N) is 2. The first kappa shape index (κ1) is 23.9. The lowest BCUT2D eigenvalue weighted by Gasteiger charge is -2.37. The molecule has 1 heterocycles. The van der Waals surface area contributed by atoms with E-state index in [9.17, 15) is 9.18 Å². The van der Waals surface area contributed by atoms with E-state index >= 15 is 0 Å². The molecule has 1 saturated heterocycles. The van der Waals surface area contributed by atoms with Crippen molar-refractivity contribution in [3.63, 3.8) is 0 Å². The second-order valence-electron chi connectivity index (χ2n) is 6.78. The zero-order valence-electron chi connectivity index (χ0n) is 17.2. The van der Waals surface area contributed by atoms with Crippen LogP contribution in [-0.2, 0) is 0 Å². The second-order valence-corrected chi connectivity index (χ2v) is 6.78. The Hall–Kier alpha value is -2.36. The van der Waals surface area contributed by atoms with Crippen molar-refractivity contribution < 1.29 is 9.18 Å². The fourth-order valence-corrected chi connectivity index (χ4v) is 3.32. The number of amides is 1. The third-order valence-electron chi connectivity index (χ3n) is 4.80. The monoisotopic (exact) mass is 525 g/mol. The van der Waals surface area contributed by atoms with Crippen molar-refractivity contribution in [2.45, 2.75) is 6.92 Å². The number of guanidine groups is 1. The maximum atomic E-state index is 14.0. The third-order valence-corrected chi connectivity index (χ3v) is 4.80. The maximum Gasteiger partial charge on any atom is 0.251 e. The molecule has 0 aliphatic carbocycles. The summed E-state index contributed by atoms with van der Waals surface area (Å²) in [5, 5.41) is 6.20. The van der Waals surface area contributed by atoms with E-state index in [2.05, 4.69) is 25.4 Å². The highest BCUT2D eigenvalue weighted by Gasteiger charge is 2.21. The molecule has 162 valence electrons. The fourth-order valence-electron chi connectivity index (χ4n) is 3.32. The molecule has 0 unspecified atom stereocenters. The van der Waals surface area contributed by atoms with E-state index in [1.54, 1.807) is 18.2 Å². The van der Waals surface area contributed by atoms with Gasteiger partial charge in [0, 0.05) is 44.8 Å². The molecule has 0 atom stereocenters. The van der Waals surface area contributed by atoms with Gasteiger partial charge >= 0.3 is 0 Å². The molecule has 0 radical (unpaired) electrons. The van der Waals surface area contributed by atoms with Crippen molar-refractivity contribution in [3.8, 4) is 0 Å². The van der Waals surface area contributed by atoms with Crippen LogP contribution in [-0.4, -0.2) is 62.6 Å². The van der Waals surface area contributed by atoms with Gasteiger partial charge in [0.1, 0.15) is 5.82 Å². The number of aliphatic imine (C=N–C) groups is 1. The molecule has 1 aliphatic heterocycles. The molecule has 1 aliphatic rings. The Kier molecular flexibility index (Phi) is 9.85. The third kappa shape index (κ3) is 6.58. The van der Waals surface area contributed by atoms with Gasteiger partial charge in [-0.05, 0) is 31.2 Å². The summed E-state index contributed by atoms with van der Waals surface area (Å²) >= 11 is 0. The summed E-state index contributed by atoms with van der Waals surface area (Å²) in [6.07, 6.45) is 0. The van der Waals surface area contributed by atoms with E-state index in [1.165, 1.54) is 6.07 Å². The molecule has 0 bridgehead atoms. The van der Waals surface area contributed by atoms with E-state index < -0.39 is 0 Å². The van der Waals surface area contributed by atoms with Gasteiger partial charge in [0.2, 0.25) is 0 Å². The van der Waals surface area contributed by atoms with Gasteiger partial charge in [-0.2, -0.15) is 0 Å². The molecule has 2 aromatic rings. The Morgan fingerprint density at radius 1 is 1.00 bits per heavy atom. The second kappa shape index (κ2) is 12.4. The van der Waals surface area contributed by atoms with Crippen LogP contribution in [0.5, 0.6) is 0 Å². The van der Waals surface area contributed by atoms with Crippen molar-refractivity contribution in [1.29, 1.82) is 0 Å². The molecule has 6 nitrogen and oxygen atoms in total. The predicted octanol–water partition coefficient (Wildman–Crippen LogP) is 2.96. The molecule has 2 N–H and O–H groups in total. The molecule has 1 fully saturated rings. The van der Waals surface area contributed by atoms with Crippen molar-refractivity contribution in [2.24, 2.45) is 4.99 Å². The molecule has 8 heteroatoms. The highest BCUT2D eigenvalue weighted by atomic mass is 127. The molecule has 0 saturated carbocycles. The smallest absolute Gasteiger partial charge is 0.251 e. The van der Waals surface area contributed by atoms with Gasteiger partial charge in [-0.1, -0.05) is 30.3 Å². The van der Waals surface area contributed by atoms with Crippen LogP contribution in [0.25, 0.3) is 0 Å². The highest BCUT2D eigenvalue weighted by Crippen LogP contribution is 2.20. The van der Waals surface area contributed by atoms with Gasteiger partial charge in [-0.25, -0.2) is 4.39 Å². The number of rotatable bonds is 6. The van der Waals surface area contributed by atoms with Crippen molar-refractivity contribution >= 4 is 41.5 Å². The maximum absolute atomic E-state index is 14.0. The Labute approximate surface area is 194 Å². The average Bonchev–Trinajstić information content (AvgIpc) is 2.77. The van der Waals surface area contributed by atoms with Crippen LogP contribution in [0.1, 0.15) is 17.3 Å². The van der Waals surface area contributed by atoms with Gasteiger partial charge in [0.05, 0.1) is 12.2 Å². The van der Waals surface area contributed by atoms with E-state index in [0.29, 0.717) is 24.3 Å². The minimum Gasteiger partial charge on any atom is -0.366 e. The number of hydrogen-bond donors (Lipinski definition) is 2. The molecule has 0 spiro atoms.